The van der Waals surface area contributed by atoms with Crippen LogP contribution < -0.4 is 0 Å². The lowest BCUT2D eigenvalue weighted by atomic mass is 10.2. The van der Waals surface area contributed by atoms with E-state index >= 15 is 0 Å². The van der Waals surface area contributed by atoms with Crippen molar-refractivity contribution >= 4 is 15.9 Å². The lowest BCUT2D eigenvalue weighted by Gasteiger charge is -1.90. The molecule has 0 heterocycles. The number of rotatable bonds is 3. The molecule has 0 aromatic carbocycles. The van der Waals surface area contributed by atoms with Crippen LogP contribution in [0.25, 0.3) is 0 Å². The summed E-state index contributed by atoms with van der Waals surface area (Å²) >= 11 is 3.54. The van der Waals surface area contributed by atoms with E-state index in [1.54, 1.807) is 0 Å². The molecule has 2 atom stereocenters. The first-order valence-electron chi connectivity index (χ1n) is 3.60. The molecule has 0 aromatic heterocycles. The quantitative estimate of drug-likeness (QED) is 0.472. The molecule has 0 nitrogen and oxygen atoms in total. The standard InChI is InChI=1S/C8H13Br/c1-3-4-5-7-6(2)8(7)9/h7-8H,2-5H2,1H3/t7-,8-/m1/s1. The Morgan fingerprint density at radius 1 is 1.67 bits per heavy atom. The topological polar surface area (TPSA) is 0 Å². The highest BCUT2D eigenvalue weighted by Gasteiger charge is 2.38. The zero-order chi connectivity index (χ0) is 6.85. The number of hydrogen-bond acceptors (Lipinski definition) is 0. The Morgan fingerprint density at radius 3 is 2.56 bits per heavy atom. The molecule has 0 amide bonds. The van der Waals surface area contributed by atoms with Gasteiger partial charge in [-0.1, -0.05) is 47.8 Å². The Kier molecular flexibility index (Phi) is 2.34. The third-order valence-electron chi connectivity index (χ3n) is 1.94. The number of allylic oxidation sites excluding steroid dienone is 1. The van der Waals surface area contributed by atoms with E-state index in [1.165, 1.54) is 24.8 Å². The molecule has 0 spiro atoms. The predicted molar refractivity (Wildman–Crippen MR) is 44.9 cm³/mol. The highest BCUT2D eigenvalue weighted by molar-refractivity contribution is 9.09. The Hall–Kier alpha value is 0.220. The zero-order valence-corrected chi connectivity index (χ0v) is 7.45. The molecule has 1 fully saturated rings. The van der Waals surface area contributed by atoms with Crippen molar-refractivity contribution in [2.75, 3.05) is 0 Å². The van der Waals surface area contributed by atoms with Gasteiger partial charge in [-0.3, -0.25) is 0 Å². The number of halogens is 1. The summed E-state index contributed by atoms with van der Waals surface area (Å²) in [6, 6.07) is 0. The van der Waals surface area contributed by atoms with Crippen LogP contribution in [0.3, 0.4) is 0 Å². The lowest BCUT2D eigenvalue weighted by molar-refractivity contribution is 0.673. The van der Waals surface area contributed by atoms with Gasteiger partial charge >= 0.3 is 0 Å². The van der Waals surface area contributed by atoms with Crippen LogP contribution in [0.5, 0.6) is 0 Å². The summed E-state index contributed by atoms with van der Waals surface area (Å²) in [7, 11) is 0. The van der Waals surface area contributed by atoms with E-state index in [2.05, 4.69) is 29.4 Å². The van der Waals surface area contributed by atoms with E-state index in [1.807, 2.05) is 0 Å². The van der Waals surface area contributed by atoms with Crippen LogP contribution >= 0.6 is 15.9 Å². The van der Waals surface area contributed by atoms with Gasteiger partial charge in [-0.2, -0.15) is 0 Å². The van der Waals surface area contributed by atoms with Gasteiger partial charge < -0.3 is 0 Å². The highest BCUT2D eigenvalue weighted by atomic mass is 79.9. The van der Waals surface area contributed by atoms with Crippen LogP contribution in [0.1, 0.15) is 26.2 Å². The SMILES string of the molecule is C=C1[C@@H](Br)[C@@H]1CCCC. The smallest absolute Gasteiger partial charge is 0.0421 e. The first kappa shape index (κ1) is 7.33. The van der Waals surface area contributed by atoms with Crippen molar-refractivity contribution in [2.24, 2.45) is 5.92 Å². The normalized spacial score (nSPS) is 32.9. The molecule has 1 heteroatoms. The van der Waals surface area contributed by atoms with E-state index < -0.39 is 0 Å². The second kappa shape index (κ2) is 2.87. The molecule has 1 aliphatic rings. The Labute approximate surface area is 65.5 Å². The monoisotopic (exact) mass is 188 g/mol. The van der Waals surface area contributed by atoms with Gasteiger partial charge in [0.15, 0.2) is 0 Å². The number of hydrogen-bond donors (Lipinski definition) is 0. The van der Waals surface area contributed by atoms with Crippen LogP contribution in [0, 0.1) is 5.92 Å². The van der Waals surface area contributed by atoms with Crippen molar-refractivity contribution in [1.29, 1.82) is 0 Å². The van der Waals surface area contributed by atoms with Crippen molar-refractivity contribution in [3.05, 3.63) is 12.2 Å². The van der Waals surface area contributed by atoms with E-state index in [4.69, 9.17) is 0 Å². The van der Waals surface area contributed by atoms with Gasteiger partial charge in [-0.25, -0.2) is 0 Å². The Balaban J connectivity index is 2.11. The molecule has 0 unspecified atom stereocenters. The first-order chi connectivity index (χ1) is 4.27. The van der Waals surface area contributed by atoms with E-state index in [9.17, 15) is 0 Å². The minimum Gasteiger partial charge on any atom is -0.0984 e. The number of unbranched alkanes of at least 4 members (excludes halogenated alkanes) is 1. The summed E-state index contributed by atoms with van der Waals surface area (Å²) < 4.78 is 0. The third-order valence-corrected chi connectivity index (χ3v) is 3.17. The van der Waals surface area contributed by atoms with Crippen molar-refractivity contribution in [2.45, 2.75) is 31.0 Å². The number of alkyl halides is 1. The van der Waals surface area contributed by atoms with Crippen LogP contribution in [0.4, 0.5) is 0 Å². The van der Waals surface area contributed by atoms with Gasteiger partial charge in [0, 0.05) is 4.83 Å². The predicted octanol–water partition coefficient (Wildman–Crippen LogP) is 3.13. The van der Waals surface area contributed by atoms with Crippen LogP contribution in [0.15, 0.2) is 12.2 Å². The highest BCUT2D eigenvalue weighted by Crippen LogP contribution is 2.46. The second-order valence-corrected chi connectivity index (χ2v) is 3.71. The molecular formula is C8H13Br. The molecule has 0 aliphatic heterocycles. The van der Waals surface area contributed by atoms with E-state index in [0.717, 1.165) is 5.92 Å². The molecular weight excluding hydrogens is 176 g/mol. The average molecular weight is 189 g/mol. The van der Waals surface area contributed by atoms with Gasteiger partial charge in [0.1, 0.15) is 0 Å². The minimum atomic E-state index is 0.657. The molecule has 1 saturated carbocycles. The minimum absolute atomic E-state index is 0.657. The van der Waals surface area contributed by atoms with Gasteiger partial charge in [0.2, 0.25) is 0 Å². The molecule has 9 heavy (non-hydrogen) atoms. The summed E-state index contributed by atoms with van der Waals surface area (Å²) in [6.07, 6.45) is 4.00. The molecule has 1 aliphatic carbocycles. The van der Waals surface area contributed by atoms with Crippen molar-refractivity contribution in [1.82, 2.24) is 0 Å². The van der Waals surface area contributed by atoms with Gasteiger partial charge in [0.05, 0.1) is 0 Å². The van der Waals surface area contributed by atoms with Crippen LogP contribution in [-0.2, 0) is 0 Å². The first-order valence-corrected chi connectivity index (χ1v) is 4.51. The fraction of sp³-hybridized carbons (Fsp3) is 0.750. The molecule has 0 saturated heterocycles. The van der Waals surface area contributed by atoms with Crippen molar-refractivity contribution < 1.29 is 0 Å². The molecule has 0 aromatic rings. The maximum absolute atomic E-state index is 3.94. The van der Waals surface area contributed by atoms with E-state index in [0.29, 0.717) is 4.83 Å². The molecule has 0 N–H and O–H groups in total. The fourth-order valence-electron chi connectivity index (χ4n) is 1.09. The van der Waals surface area contributed by atoms with Crippen molar-refractivity contribution in [3.8, 4) is 0 Å². The van der Waals surface area contributed by atoms with Crippen LogP contribution in [-0.4, -0.2) is 4.83 Å². The molecule has 52 valence electrons. The van der Waals surface area contributed by atoms with Gasteiger partial charge in [-0.15, -0.1) is 0 Å². The fourth-order valence-corrected chi connectivity index (χ4v) is 1.88. The maximum Gasteiger partial charge on any atom is 0.0421 e. The Morgan fingerprint density at radius 2 is 2.22 bits per heavy atom. The van der Waals surface area contributed by atoms with Crippen molar-refractivity contribution in [3.63, 3.8) is 0 Å². The summed E-state index contributed by atoms with van der Waals surface area (Å²) in [5, 5.41) is 0. The Bertz CT molecular complexity index is 118. The maximum atomic E-state index is 3.94. The van der Waals surface area contributed by atoms with E-state index in [-0.39, 0.29) is 0 Å². The van der Waals surface area contributed by atoms with Gasteiger partial charge in [0.25, 0.3) is 0 Å². The van der Waals surface area contributed by atoms with Crippen LogP contribution in [0.2, 0.25) is 0 Å². The summed E-state index contributed by atoms with van der Waals surface area (Å²) in [6.45, 7) is 6.17. The lowest BCUT2D eigenvalue weighted by Crippen LogP contribution is -1.78. The summed E-state index contributed by atoms with van der Waals surface area (Å²) in [4.78, 5) is 0.657. The second-order valence-electron chi connectivity index (χ2n) is 2.73. The largest absolute Gasteiger partial charge is 0.0984 e. The third kappa shape index (κ3) is 1.57. The average Bonchev–Trinajstić information content (AvgIpc) is 2.39. The van der Waals surface area contributed by atoms with Gasteiger partial charge in [-0.05, 0) is 12.3 Å². The molecule has 0 radical (unpaired) electrons. The molecule has 0 bridgehead atoms. The summed E-state index contributed by atoms with van der Waals surface area (Å²) in [5.74, 6) is 0.810. The zero-order valence-electron chi connectivity index (χ0n) is 5.86. The molecule has 1 rings (SSSR count). The summed E-state index contributed by atoms with van der Waals surface area (Å²) in [5.41, 5.74) is 1.41.